The van der Waals surface area contributed by atoms with Gasteiger partial charge in [0.1, 0.15) is 5.25 Å². The lowest BCUT2D eigenvalue weighted by Crippen LogP contribution is -2.12. The van der Waals surface area contributed by atoms with Gasteiger partial charge >= 0.3 is 5.97 Å². The number of aromatic nitrogens is 3. The minimum absolute atomic E-state index is 0.564. The van der Waals surface area contributed by atoms with Gasteiger partial charge in [-0.3, -0.25) is 9.36 Å². The Morgan fingerprint density at radius 3 is 2.12 bits per heavy atom. The van der Waals surface area contributed by atoms with E-state index in [1.54, 1.807) is 6.92 Å². The van der Waals surface area contributed by atoms with Crippen molar-refractivity contribution in [3.63, 3.8) is 0 Å². The standard InChI is InChI=1S/C19H19N3O2S/c1-12-4-8-15(9-5-12)17-20-21-19(25-14(3)18(23)24)22(17)16-10-6-13(2)7-11-16/h4-11,14H,1-3H3,(H,23,24). The van der Waals surface area contributed by atoms with E-state index in [2.05, 4.69) is 10.2 Å². The number of carboxylic acid groups (broad SMARTS) is 1. The minimum atomic E-state index is -0.875. The zero-order valence-electron chi connectivity index (χ0n) is 14.3. The number of aryl methyl sites for hydroxylation is 2. The first-order valence-corrected chi connectivity index (χ1v) is 8.82. The Bertz CT molecular complexity index is 886. The van der Waals surface area contributed by atoms with Crippen LogP contribution >= 0.6 is 11.8 Å². The topological polar surface area (TPSA) is 68.0 Å². The number of rotatable bonds is 5. The van der Waals surface area contributed by atoms with Crippen LogP contribution in [0.3, 0.4) is 0 Å². The van der Waals surface area contributed by atoms with Gasteiger partial charge in [-0.05, 0) is 32.9 Å². The van der Waals surface area contributed by atoms with Crippen molar-refractivity contribution in [2.45, 2.75) is 31.2 Å². The predicted octanol–water partition coefficient (Wildman–Crippen LogP) is 4.12. The van der Waals surface area contributed by atoms with Crippen LogP contribution in [0, 0.1) is 13.8 Å². The molecule has 3 aromatic rings. The van der Waals surface area contributed by atoms with E-state index in [0.717, 1.165) is 16.8 Å². The highest BCUT2D eigenvalue weighted by atomic mass is 32.2. The number of hydrogen-bond donors (Lipinski definition) is 1. The molecular formula is C19H19N3O2S. The molecule has 5 nitrogen and oxygen atoms in total. The molecule has 1 unspecified atom stereocenters. The molecule has 0 radical (unpaired) electrons. The summed E-state index contributed by atoms with van der Waals surface area (Å²) in [6.45, 7) is 5.70. The van der Waals surface area contributed by atoms with Crippen molar-refractivity contribution < 1.29 is 9.90 Å². The second-order valence-corrected chi connectivity index (χ2v) is 7.25. The summed E-state index contributed by atoms with van der Waals surface area (Å²) in [6.07, 6.45) is 0. The number of hydrogen-bond acceptors (Lipinski definition) is 4. The molecule has 1 N–H and O–H groups in total. The highest BCUT2D eigenvalue weighted by Gasteiger charge is 2.21. The van der Waals surface area contributed by atoms with Crippen LogP contribution in [0.4, 0.5) is 0 Å². The van der Waals surface area contributed by atoms with Gasteiger partial charge < -0.3 is 5.11 Å². The number of carboxylic acids is 1. The van der Waals surface area contributed by atoms with Crippen molar-refractivity contribution in [2.75, 3.05) is 0 Å². The van der Waals surface area contributed by atoms with Crippen molar-refractivity contribution >= 4 is 17.7 Å². The fourth-order valence-corrected chi connectivity index (χ4v) is 3.17. The van der Waals surface area contributed by atoms with Crippen LogP contribution in [0.25, 0.3) is 17.1 Å². The summed E-state index contributed by atoms with van der Waals surface area (Å²) in [7, 11) is 0. The first kappa shape index (κ1) is 17.2. The van der Waals surface area contributed by atoms with Crippen molar-refractivity contribution in [3.05, 3.63) is 59.7 Å². The zero-order valence-corrected chi connectivity index (χ0v) is 15.1. The Hall–Kier alpha value is -2.60. The molecule has 0 aliphatic rings. The maximum absolute atomic E-state index is 11.2. The maximum Gasteiger partial charge on any atom is 0.316 e. The van der Waals surface area contributed by atoms with Gasteiger partial charge in [0.05, 0.1) is 0 Å². The average Bonchev–Trinajstić information content (AvgIpc) is 2.99. The number of benzene rings is 2. The Morgan fingerprint density at radius 2 is 1.56 bits per heavy atom. The summed E-state index contributed by atoms with van der Waals surface area (Å²) in [6, 6.07) is 16.1. The third-order valence-electron chi connectivity index (χ3n) is 3.87. The van der Waals surface area contributed by atoms with Gasteiger partial charge in [-0.25, -0.2) is 0 Å². The molecule has 6 heteroatoms. The monoisotopic (exact) mass is 353 g/mol. The van der Waals surface area contributed by atoms with E-state index >= 15 is 0 Å². The molecular weight excluding hydrogens is 334 g/mol. The van der Waals surface area contributed by atoms with E-state index in [4.69, 9.17) is 0 Å². The number of nitrogens with zero attached hydrogens (tertiary/aromatic N) is 3. The fourth-order valence-electron chi connectivity index (χ4n) is 2.37. The number of carbonyl (C=O) groups is 1. The van der Waals surface area contributed by atoms with Crippen LogP contribution in [-0.2, 0) is 4.79 Å². The van der Waals surface area contributed by atoms with Crippen LogP contribution in [0.1, 0.15) is 18.1 Å². The van der Waals surface area contributed by atoms with Gasteiger partial charge in [-0.2, -0.15) is 0 Å². The zero-order chi connectivity index (χ0) is 18.0. The van der Waals surface area contributed by atoms with Gasteiger partial charge in [0, 0.05) is 11.3 Å². The molecule has 0 saturated carbocycles. The Morgan fingerprint density at radius 1 is 1.00 bits per heavy atom. The molecule has 2 aromatic carbocycles. The maximum atomic E-state index is 11.2. The second-order valence-electron chi connectivity index (χ2n) is 5.94. The summed E-state index contributed by atoms with van der Waals surface area (Å²) >= 11 is 1.19. The van der Waals surface area contributed by atoms with Gasteiger partial charge in [-0.15, -0.1) is 10.2 Å². The van der Waals surface area contributed by atoms with E-state index < -0.39 is 11.2 Å². The summed E-state index contributed by atoms with van der Waals surface area (Å²) in [5.41, 5.74) is 4.17. The lowest BCUT2D eigenvalue weighted by atomic mass is 10.1. The molecule has 0 spiro atoms. The average molecular weight is 353 g/mol. The smallest absolute Gasteiger partial charge is 0.316 e. The molecule has 0 aliphatic heterocycles. The summed E-state index contributed by atoms with van der Waals surface area (Å²) < 4.78 is 1.91. The molecule has 0 saturated heterocycles. The van der Waals surface area contributed by atoms with Crippen LogP contribution in [0.5, 0.6) is 0 Å². The lowest BCUT2D eigenvalue weighted by Gasteiger charge is -2.12. The van der Waals surface area contributed by atoms with Gasteiger partial charge in [-0.1, -0.05) is 59.3 Å². The second kappa shape index (κ2) is 7.11. The molecule has 0 aliphatic carbocycles. The molecule has 0 bridgehead atoms. The molecule has 0 amide bonds. The number of aliphatic carboxylic acids is 1. The SMILES string of the molecule is Cc1ccc(-c2nnc(SC(C)C(=O)O)n2-c2ccc(C)cc2)cc1. The molecule has 0 fully saturated rings. The summed E-state index contributed by atoms with van der Waals surface area (Å²) in [4.78, 5) is 11.2. The molecule has 1 atom stereocenters. The van der Waals surface area contributed by atoms with Crippen LogP contribution in [0.15, 0.2) is 53.7 Å². The predicted molar refractivity (Wildman–Crippen MR) is 99.2 cm³/mol. The number of thioether (sulfide) groups is 1. The van der Waals surface area contributed by atoms with Gasteiger partial charge in [0.15, 0.2) is 11.0 Å². The first-order chi connectivity index (χ1) is 12.0. The first-order valence-electron chi connectivity index (χ1n) is 7.94. The molecule has 128 valence electrons. The molecule has 3 rings (SSSR count). The van der Waals surface area contributed by atoms with E-state index in [1.807, 2.05) is 66.9 Å². The molecule has 25 heavy (non-hydrogen) atoms. The van der Waals surface area contributed by atoms with Crippen LogP contribution < -0.4 is 0 Å². The minimum Gasteiger partial charge on any atom is -0.480 e. The normalized spacial score (nSPS) is 12.1. The van der Waals surface area contributed by atoms with Gasteiger partial charge in [0.2, 0.25) is 0 Å². The van der Waals surface area contributed by atoms with Crippen molar-refractivity contribution in [1.29, 1.82) is 0 Å². The quantitative estimate of drug-likeness (QED) is 0.699. The third-order valence-corrected chi connectivity index (χ3v) is 4.90. The van der Waals surface area contributed by atoms with Crippen molar-refractivity contribution in [2.24, 2.45) is 0 Å². The highest BCUT2D eigenvalue weighted by Crippen LogP contribution is 2.30. The lowest BCUT2D eigenvalue weighted by molar-refractivity contribution is -0.136. The van der Waals surface area contributed by atoms with Crippen LogP contribution in [-0.4, -0.2) is 31.1 Å². The van der Waals surface area contributed by atoms with Crippen molar-refractivity contribution in [3.8, 4) is 17.1 Å². The largest absolute Gasteiger partial charge is 0.480 e. The Labute approximate surface area is 150 Å². The molecule has 1 heterocycles. The summed E-state index contributed by atoms with van der Waals surface area (Å²) in [5.74, 6) is -0.177. The van der Waals surface area contributed by atoms with Gasteiger partial charge in [0.25, 0.3) is 0 Å². The Balaban J connectivity index is 2.12. The highest BCUT2D eigenvalue weighted by molar-refractivity contribution is 8.00. The van der Waals surface area contributed by atoms with E-state index in [0.29, 0.717) is 11.0 Å². The molecule has 1 aromatic heterocycles. The summed E-state index contributed by atoms with van der Waals surface area (Å²) in [5, 5.41) is 17.7. The third kappa shape index (κ3) is 3.74. The van der Waals surface area contributed by atoms with Crippen LogP contribution in [0.2, 0.25) is 0 Å². The van der Waals surface area contributed by atoms with Crippen molar-refractivity contribution in [1.82, 2.24) is 14.8 Å². The van der Waals surface area contributed by atoms with E-state index in [-0.39, 0.29) is 0 Å². The fraction of sp³-hybridized carbons (Fsp3) is 0.211. The van der Waals surface area contributed by atoms with E-state index in [1.165, 1.54) is 17.3 Å². The van der Waals surface area contributed by atoms with E-state index in [9.17, 15) is 9.90 Å². The Kier molecular flexibility index (Phi) is 4.90.